The topological polar surface area (TPSA) is 47.7 Å². The second-order valence-electron chi connectivity index (χ2n) is 5.70. The maximum absolute atomic E-state index is 6.53. The minimum absolute atomic E-state index is 0.125. The van der Waals surface area contributed by atoms with Crippen LogP contribution in [0.25, 0.3) is 0 Å². The molecule has 2 N–H and O–H groups in total. The predicted octanol–water partition coefficient (Wildman–Crippen LogP) is 3.09. The van der Waals surface area contributed by atoms with Gasteiger partial charge in [0.15, 0.2) is 11.5 Å². The summed E-state index contributed by atoms with van der Waals surface area (Å²) in [6.45, 7) is 4.96. The van der Waals surface area contributed by atoms with Gasteiger partial charge >= 0.3 is 0 Å². The molecule has 0 amide bonds. The van der Waals surface area contributed by atoms with E-state index >= 15 is 0 Å². The summed E-state index contributed by atoms with van der Waals surface area (Å²) in [7, 11) is 3.22. The van der Waals surface area contributed by atoms with Gasteiger partial charge in [-0.25, -0.2) is 0 Å². The molecule has 0 aromatic heterocycles. The van der Waals surface area contributed by atoms with Gasteiger partial charge in [-0.3, -0.25) is 4.90 Å². The molecule has 0 spiro atoms. The van der Waals surface area contributed by atoms with Crippen LogP contribution < -0.4 is 15.2 Å². The van der Waals surface area contributed by atoms with Crippen molar-refractivity contribution in [3.63, 3.8) is 0 Å². The molecule has 1 fully saturated rings. The van der Waals surface area contributed by atoms with Crippen molar-refractivity contribution < 1.29 is 9.47 Å². The monoisotopic (exact) mass is 312 g/mol. The maximum atomic E-state index is 6.53. The minimum atomic E-state index is 0.125. The molecule has 1 heterocycles. The number of methoxy groups -OCH3 is 2. The van der Waals surface area contributed by atoms with E-state index in [1.807, 2.05) is 12.1 Å². The van der Waals surface area contributed by atoms with Crippen LogP contribution in [-0.4, -0.2) is 38.8 Å². The highest BCUT2D eigenvalue weighted by atomic mass is 35.5. The molecular formula is C16H25ClN2O2. The fraction of sp³-hybridized carbons (Fsp3) is 0.625. The van der Waals surface area contributed by atoms with Crippen molar-refractivity contribution in [2.24, 2.45) is 11.7 Å². The number of nitrogens with two attached hydrogens (primary N) is 1. The molecule has 0 radical (unpaired) electrons. The van der Waals surface area contributed by atoms with Crippen LogP contribution in [0.2, 0.25) is 5.02 Å². The Morgan fingerprint density at radius 3 is 2.71 bits per heavy atom. The van der Waals surface area contributed by atoms with Gasteiger partial charge in [-0.1, -0.05) is 24.6 Å². The van der Waals surface area contributed by atoms with Gasteiger partial charge in [-0.05, 0) is 36.9 Å². The lowest BCUT2D eigenvalue weighted by Gasteiger charge is -2.37. The van der Waals surface area contributed by atoms with E-state index in [-0.39, 0.29) is 6.04 Å². The Kier molecular flexibility index (Phi) is 5.73. The van der Waals surface area contributed by atoms with E-state index < -0.39 is 0 Å². The molecule has 2 atom stereocenters. The Bertz CT molecular complexity index is 482. The molecule has 2 unspecified atom stereocenters. The van der Waals surface area contributed by atoms with Gasteiger partial charge in [-0.2, -0.15) is 0 Å². The van der Waals surface area contributed by atoms with Crippen LogP contribution in [0.3, 0.4) is 0 Å². The number of halogens is 1. The Morgan fingerprint density at radius 1 is 1.38 bits per heavy atom. The highest BCUT2D eigenvalue weighted by molar-refractivity contribution is 6.33. The van der Waals surface area contributed by atoms with Gasteiger partial charge in [0.25, 0.3) is 0 Å². The zero-order chi connectivity index (χ0) is 15.4. The second kappa shape index (κ2) is 7.34. The standard InChI is InChI=1S/C16H25ClN2O2/c1-11-5-4-8-19(10-11)13(9-18)12-6-7-14(20-2)16(21-3)15(12)17/h6-7,11,13H,4-5,8-10,18H2,1-3H3. The first-order valence-electron chi connectivity index (χ1n) is 7.46. The van der Waals surface area contributed by atoms with E-state index in [0.717, 1.165) is 18.7 Å². The van der Waals surface area contributed by atoms with Gasteiger partial charge < -0.3 is 15.2 Å². The minimum Gasteiger partial charge on any atom is -0.493 e. The van der Waals surface area contributed by atoms with Crippen LogP contribution in [0.15, 0.2) is 12.1 Å². The molecular weight excluding hydrogens is 288 g/mol. The van der Waals surface area contributed by atoms with E-state index in [9.17, 15) is 0 Å². The summed E-state index contributed by atoms with van der Waals surface area (Å²) in [6.07, 6.45) is 2.50. The second-order valence-corrected chi connectivity index (χ2v) is 6.08. The highest BCUT2D eigenvalue weighted by Gasteiger charge is 2.27. The maximum Gasteiger partial charge on any atom is 0.179 e. The van der Waals surface area contributed by atoms with Crippen molar-refractivity contribution in [2.75, 3.05) is 33.9 Å². The first-order chi connectivity index (χ1) is 10.1. The summed E-state index contributed by atoms with van der Waals surface area (Å²) in [5.74, 6) is 1.93. The fourth-order valence-electron chi connectivity index (χ4n) is 3.14. The zero-order valence-electron chi connectivity index (χ0n) is 13.1. The summed E-state index contributed by atoms with van der Waals surface area (Å²) in [4.78, 5) is 2.43. The van der Waals surface area contributed by atoms with Crippen molar-refractivity contribution in [2.45, 2.75) is 25.8 Å². The van der Waals surface area contributed by atoms with Crippen LogP contribution in [0.1, 0.15) is 31.4 Å². The molecule has 0 saturated carbocycles. The van der Waals surface area contributed by atoms with Gasteiger partial charge in [0, 0.05) is 19.1 Å². The van der Waals surface area contributed by atoms with Crippen molar-refractivity contribution in [3.05, 3.63) is 22.7 Å². The SMILES string of the molecule is COc1ccc(C(CN)N2CCCC(C)C2)c(Cl)c1OC. The molecule has 2 rings (SSSR count). The van der Waals surface area contributed by atoms with Crippen LogP contribution in [-0.2, 0) is 0 Å². The van der Waals surface area contributed by atoms with E-state index in [1.165, 1.54) is 12.8 Å². The average Bonchev–Trinajstić information content (AvgIpc) is 2.49. The van der Waals surface area contributed by atoms with Crippen LogP contribution >= 0.6 is 11.6 Å². The predicted molar refractivity (Wildman–Crippen MR) is 86.3 cm³/mol. The van der Waals surface area contributed by atoms with E-state index in [0.29, 0.717) is 29.0 Å². The summed E-state index contributed by atoms with van der Waals surface area (Å²) in [5, 5.41) is 0.602. The van der Waals surface area contributed by atoms with Crippen molar-refractivity contribution >= 4 is 11.6 Å². The lowest BCUT2D eigenvalue weighted by Crippen LogP contribution is -2.40. The number of hydrogen-bond donors (Lipinski definition) is 1. The van der Waals surface area contributed by atoms with Crippen molar-refractivity contribution in [3.8, 4) is 11.5 Å². The smallest absolute Gasteiger partial charge is 0.179 e. The molecule has 1 aromatic carbocycles. The molecule has 0 bridgehead atoms. The Morgan fingerprint density at radius 2 is 2.14 bits per heavy atom. The summed E-state index contributed by atoms with van der Waals surface area (Å²) >= 11 is 6.53. The number of likely N-dealkylation sites (tertiary alicyclic amines) is 1. The van der Waals surface area contributed by atoms with Crippen molar-refractivity contribution in [1.82, 2.24) is 4.90 Å². The Balaban J connectivity index is 2.33. The Hall–Kier alpha value is -0.970. The summed E-state index contributed by atoms with van der Waals surface area (Å²) < 4.78 is 10.7. The first kappa shape index (κ1) is 16.4. The van der Waals surface area contributed by atoms with Crippen LogP contribution in [0.4, 0.5) is 0 Å². The molecule has 0 aliphatic carbocycles. The molecule has 118 valence electrons. The van der Waals surface area contributed by atoms with Gasteiger partial charge in [0.05, 0.1) is 19.2 Å². The fourth-order valence-corrected chi connectivity index (χ4v) is 3.50. The zero-order valence-corrected chi connectivity index (χ0v) is 13.8. The summed E-state index contributed by atoms with van der Waals surface area (Å²) in [6, 6.07) is 4.02. The molecule has 1 saturated heterocycles. The van der Waals surface area contributed by atoms with Gasteiger partial charge in [0.2, 0.25) is 0 Å². The first-order valence-corrected chi connectivity index (χ1v) is 7.84. The Labute approximate surface area is 132 Å². The van der Waals surface area contributed by atoms with Gasteiger partial charge in [0.1, 0.15) is 0 Å². The largest absolute Gasteiger partial charge is 0.493 e. The molecule has 4 nitrogen and oxygen atoms in total. The van der Waals surface area contributed by atoms with E-state index in [2.05, 4.69) is 11.8 Å². The number of piperidine rings is 1. The molecule has 5 heteroatoms. The lowest BCUT2D eigenvalue weighted by molar-refractivity contribution is 0.133. The number of ether oxygens (including phenoxy) is 2. The average molecular weight is 313 g/mol. The molecule has 1 aliphatic heterocycles. The van der Waals surface area contributed by atoms with Crippen LogP contribution in [0, 0.1) is 5.92 Å². The normalized spacial score (nSPS) is 21.1. The third kappa shape index (κ3) is 3.44. The molecule has 21 heavy (non-hydrogen) atoms. The number of hydrogen-bond acceptors (Lipinski definition) is 4. The van der Waals surface area contributed by atoms with E-state index in [1.54, 1.807) is 14.2 Å². The van der Waals surface area contributed by atoms with Crippen molar-refractivity contribution in [1.29, 1.82) is 0 Å². The lowest BCUT2D eigenvalue weighted by atomic mass is 9.96. The molecule has 1 aromatic rings. The number of benzene rings is 1. The number of nitrogens with zero attached hydrogens (tertiary/aromatic N) is 1. The quantitative estimate of drug-likeness (QED) is 0.907. The van der Waals surface area contributed by atoms with Gasteiger partial charge in [-0.15, -0.1) is 0 Å². The van der Waals surface area contributed by atoms with E-state index in [4.69, 9.17) is 26.8 Å². The third-order valence-electron chi connectivity index (χ3n) is 4.23. The highest BCUT2D eigenvalue weighted by Crippen LogP contribution is 2.41. The number of rotatable bonds is 5. The van der Waals surface area contributed by atoms with Crippen LogP contribution in [0.5, 0.6) is 11.5 Å². The summed E-state index contributed by atoms with van der Waals surface area (Å²) in [5.41, 5.74) is 7.06. The third-order valence-corrected chi connectivity index (χ3v) is 4.62. The molecule has 1 aliphatic rings.